The van der Waals surface area contributed by atoms with Crippen LogP contribution in [0.2, 0.25) is 0 Å². The zero-order chi connectivity index (χ0) is 12.4. The van der Waals surface area contributed by atoms with Gasteiger partial charge in [-0.15, -0.1) is 11.3 Å². The zero-order valence-corrected chi connectivity index (χ0v) is 11.8. The minimum Gasteiger partial charge on any atom is -0.328 e. The standard InChI is InChI=1S/C13H23N3S/c1-9(2)13-15-12(8-17-13)7-16-5-4-11(14)6-10(16)3/h8-11H,4-7,14H2,1-3H3. The van der Waals surface area contributed by atoms with Crippen molar-refractivity contribution in [1.29, 1.82) is 0 Å². The van der Waals surface area contributed by atoms with Gasteiger partial charge in [0.15, 0.2) is 0 Å². The SMILES string of the molecule is CC(C)c1nc(CN2CCC(N)CC2C)cs1. The average molecular weight is 253 g/mol. The molecule has 1 saturated heterocycles. The Morgan fingerprint density at radius 3 is 2.94 bits per heavy atom. The molecule has 4 heteroatoms. The number of rotatable bonds is 3. The molecule has 17 heavy (non-hydrogen) atoms. The lowest BCUT2D eigenvalue weighted by molar-refractivity contribution is 0.138. The topological polar surface area (TPSA) is 42.2 Å². The molecule has 0 aromatic carbocycles. The van der Waals surface area contributed by atoms with Crippen LogP contribution in [-0.2, 0) is 6.54 Å². The first kappa shape index (κ1) is 13.0. The van der Waals surface area contributed by atoms with E-state index in [0.717, 1.165) is 25.9 Å². The molecule has 0 bridgehead atoms. The smallest absolute Gasteiger partial charge is 0.0954 e. The number of nitrogens with two attached hydrogens (primary N) is 1. The maximum atomic E-state index is 5.98. The van der Waals surface area contributed by atoms with E-state index in [1.165, 1.54) is 10.7 Å². The molecular weight excluding hydrogens is 230 g/mol. The van der Waals surface area contributed by atoms with E-state index in [0.29, 0.717) is 18.0 Å². The molecule has 1 aliphatic rings. The van der Waals surface area contributed by atoms with E-state index < -0.39 is 0 Å². The third-order valence-electron chi connectivity index (χ3n) is 3.48. The van der Waals surface area contributed by atoms with Gasteiger partial charge in [0, 0.05) is 36.5 Å². The van der Waals surface area contributed by atoms with Gasteiger partial charge in [-0.3, -0.25) is 4.90 Å². The van der Waals surface area contributed by atoms with Crippen LogP contribution in [0.15, 0.2) is 5.38 Å². The Morgan fingerprint density at radius 2 is 2.35 bits per heavy atom. The van der Waals surface area contributed by atoms with Crippen molar-refractivity contribution in [2.45, 2.75) is 58.2 Å². The predicted octanol–water partition coefficient (Wildman–Crippen LogP) is 2.58. The first-order valence-corrected chi connectivity index (χ1v) is 7.38. The Kier molecular flexibility index (Phi) is 4.17. The number of thiazole rings is 1. The van der Waals surface area contributed by atoms with Crippen molar-refractivity contribution in [3.63, 3.8) is 0 Å². The van der Waals surface area contributed by atoms with Gasteiger partial charge in [-0.25, -0.2) is 4.98 Å². The first-order valence-electron chi connectivity index (χ1n) is 6.50. The van der Waals surface area contributed by atoms with Crippen LogP contribution in [0, 0.1) is 0 Å². The Balaban J connectivity index is 1.95. The van der Waals surface area contributed by atoms with Gasteiger partial charge in [0.2, 0.25) is 0 Å². The van der Waals surface area contributed by atoms with E-state index in [1.54, 1.807) is 11.3 Å². The normalized spacial score (nSPS) is 26.6. The monoisotopic (exact) mass is 253 g/mol. The van der Waals surface area contributed by atoms with E-state index in [1.807, 2.05) is 0 Å². The summed E-state index contributed by atoms with van der Waals surface area (Å²) in [5.74, 6) is 0.543. The third-order valence-corrected chi connectivity index (χ3v) is 4.68. The second-order valence-corrected chi connectivity index (χ2v) is 6.33. The summed E-state index contributed by atoms with van der Waals surface area (Å²) in [6.45, 7) is 8.76. The fourth-order valence-electron chi connectivity index (χ4n) is 2.36. The molecule has 1 fully saturated rings. The maximum Gasteiger partial charge on any atom is 0.0954 e. The molecule has 2 unspecified atom stereocenters. The van der Waals surface area contributed by atoms with Crippen LogP contribution >= 0.6 is 11.3 Å². The van der Waals surface area contributed by atoms with Gasteiger partial charge in [0.05, 0.1) is 10.7 Å². The van der Waals surface area contributed by atoms with Crippen molar-refractivity contribution >= 4 is 11.3 Å². The molecule has 0 spiro atoms. The van der Waals surface area contributed by atoms with E-state index in [-0.39, 0.29) is 0 Å². The molecule has 3 nitrogen and oxygen atoms in total. The quantitative estimate of drug-likeness (QED) is 0.900. The lowest BCUT2D eigenvalue weighted by Crippen LogP contribution is -2.45. The van der Waals surface area contributed by atoms with E-state index in [2.05, 4.69) is 31.1 Å². The summed E-state index contributed by atoms with van der Waals surface area (Å²) >= 11 is 1.79. The summed E-state index contributed by atoms with van der Waals surface area (Å²) in [7, 11) is 0. The van der Waals surface area contributed by atoms with E-state index in [9.17, 15) is 0 Å². The number of piperidine rings is 1. The van der Waals surface area contributed by atoms with Crippen molar-refractivity contribution < 1.29 is 0 Å². The Hall–Kier alpha value is -0.450. The highest BCUT2D eigenvalue weighted by molar-refractivity contribution is 7.09. The molecule has 1 aromatic heterocycles. The second-order valence-electron chi connectivity index (χ2n) is 5.44. The highest BCUT2D eigenvalue weighted by atomic mass is 32.1. The van der Waals surface area contributed by atoms with Crippen molar-refractivity contribution in [2.24, 2.45) is 5.73 Å². The van der Waals surface area contributed by atoms with E-state index in [4.69, 9.17) is 10.7 Å². The predicted molar refractivity (Wildman–Crippen MR) is 73.3 cm³/mol. The number of hydrogen-bond acceptors (Lipinski definition) is 4. The summed E-state index contributed by atoms with van der Waals surface area (Å²) in [6, 6.07) is 0.978. The molecule has 0 saturated carbocycles. The fraction of sp³-hybridized carbons (Fsp3) is 0.769. The minimum atomic E-state index is 0.392. The average Bonchev–Trinajstić information content (AvgIpc) is 2.71. The Bertz CT molecular complexity index is 361. The van der Waals surface area contributed by atoms with Gasteiger partial charge in [-0.2, -0.15) is 0 Å². The summed E-state index contributed by atoms with van der Waals surface area (Å²) < 4.78 is 0. The molecule has 1 aliphatic heterocycles. The summed E-state index contributed by atoms with van der Waals surface area (Å²) in [6.07, 6.45) is 2.23. The lowest BCUT2D eigenvalue weighted by Gasteiger charge is -2.35. The second kappa shape index (κ2) is 5.46. The van der Waals surface area contributed by atoms with Crippen LogP contribution in [0.1, 0.15) is 50.2 Å². The van der Waals surface area contributed by atoms with Gasteiger partial charge in [0.1, 0.15) is 0 Å². The molecule has 1 aromatic rings. The van der Waals surface area contributed by atoms with Crippen LogP contribution in [-0.4, -0.2) is 28.5 Å². The van der Waals surface area contributed by atoms with Crippen LogP contribution in [0.25, 0.3) is 0 Å². The van der Waals surface area contributed by atoms with Crippen molar-refractivity contribution in [3.8, 4) is 0 Å². The lowest BCUT2D eigenvalue weighted by atomic mass is 9.99. The molecule has 0 aliphatic carbocycles. The summed E-state index contributed by atoms with van der Waals surface area (Å²) in [4.78, 5) is 7.21. The van der Waals surface area contributed by atoms with Gasteiger partial charge in [0.25, 0.3) is 0 Å². The highest BCUT2D eigenvalue weighted by Crippen LogP contribution is 2.22. The number of hydrogen-bond donors (Lipinski definition) is 1. The molecule has 2 atom stereocenters. The van der Waals surface area contributed by atoms with Gasteiger partial charge in [-0.05, 0) is 19.8 Å². The first-order chi connectivity index (χ1) is 8.06. The third kappa shape index (κ3) is 3.27. The number of likely N-dealkylation sites (tertiary alicyclic amines) is 1. The Labute approximate surface area is 108 Å². The number of aromatic nitrogens is 1. The summed E-state index contributed by atoms with van der Waals surface area (Å²) in [5.41, 5.74) is 7.21. The van der Waals surface area contributed by atoms with Crippen LogP contribution in [0.4, 0.5) is 0 Å². The van der Waals surface area contributed by atoms with Crippen LogP contribution in [0.5, 0.6) is 0 Å². The summed E-state index contributed by atoms with van der Waals surface area (Å²) in [5, 5.41) is 3.46. The number of nitrogens with zero attached hydrogens (tertiary/aromatic N) is 2. The molecule has 96 valence electrons. The Morgan fingerprint density at radius 1 is 1.59 bits per heavy atom. The van der Waals surface area contributed by atoms with Gasteiger partial charge < -0.3 is 5.73 Å². The molecule has 2 heterocycles. The van der Waals surface area contributed by atoms with Crippen molar-refractivity contribution in [1.82, 2.24) is 9.88 Å². The maximum absolute atomic E-state index is 5.98. The van der Waals surface area contributed by atoms with Gasteiger partial charge in [-0.1, -0.05) is 13.8 Å². The van der Waals surface area contributed by atoms with Crippen molar-refractivity contribution in [2.75, 3.05) is 6.54 Å². The van der Waals surface area contributed by atoms with Crippen molar-refractivity contribution in [3.05, 3.63) is 16.1 Å². The molecule has 2 rings (SSSR count). The minimum absolute atomic E-state index is 0.392. The van der Waals surface area contributed by atoms with Gasteiger partial charge >= 0.3 is 0 Å². The molecule has 2 N–H and O–H groups in total. The molecular formula is C13H23N3S. The fourth-order valence-corrected chi connectivity index (χ4v) is 3.19. The molecule has 0 amide bonds. The largest absolute Gasteiger partial charge is 0.328 e. The molecule has 0 radical (unpaired) electrons. The van der Waals surface area contributed by atoms with E-state index >= 15 is 0 Å². The van der Waals surface area contributed by atoms with Crippen LogP contribution in [0.3, 0.4) is 0 Å². The highest BCUT2D eigenvalue weighted by Gasteiger charge is 2.23. The zero-order valence-electron chi connectivity index (χ0n) is 11.0. The van der Waals surface area contributed by atoms with Crippen LogP contribution < -0.4 is 5.73 Å².